The van der Waals surface area contributed by atoms with Gasteiger partial charge in [-0.25, -0.2) is 10.1 Å². The van der Waals surface area contributed by atoms with Gasteiger partial charge in [-0.05, 0) is 37.5 Å². The Kier molecular flexibility index (Phi) is 4.74. The molecule has 0 bridgehead atoms. The first kappa shape index (κ1) is 16.0. The van der Waals surface area contributed by atoms with Crippen molar-refractivity contribution < 1.29 is 4.79 Å². The van der Waals surface area contributed by atoms with E-state index in [9.17, 15) is 9.59 Å². The maximum atomic E-state index is 12.5. The van der Waals surface area contributed by atoms with E-state index in [0.29, 0.717) is 18.9 Å². The van der Waals surface area contributed by atoms with Crippen molar-refractivity contribution >= 4 is 17.4 Å². The maximum absolute atomic E-state index is 12.5. The van der Waals surface area contributed by atoms with E-state index in [1.165, 1.54) is 12.1 Å². The number of likely N-dealkylation sites (tertiary alicyclic amines) is 1. The average molecular weight is 328 g/mol. The van der Waals surface area contributed by atoms with Crippen molar-refractivity contribution in [3.63, 3.8) is 0 Å². The van der Waals surface area contributed by atoms with E-state index < -0.39 is 0 Å². The number of anilines is 2. The Bertz CT molecular complexity index is 737. The number of carbonyl (C=O) groups is 1. The Morgan fingerprint density at radius 1 is 1.25 bits per heavy atom. The van der Waals surface area contributed by atoms with Crippen molar-refractivity contribution in [3.05, 3.63) is 46.5 Å². The fourth-order valence-electron chi connectivity index (χ4n) is 2.80. The minimum Gasteiger partial charge on any atom is -0.384 e. The molecule has 24 heavy (non-hydrogen) atoms. The van der Waals surface area contributed by atoms with Crippen molar-refractivity contribution in [1.82, 2.24) is 20.1 Å². The molecule has 3 heterocycles. The van der Waals surface area contributed by atoms with Crippen LogP contribution in [0.5, 0.6) is 0 Å². The van der Waals surface area contributed by atoms with Gasteiger partial charge in [-0.1, -0.05) is 0 Å². The lowest BCUT2D eigenvalue weighted by molar-refractivity contribution is 0.0754. The van der Waals surface area contributed by atoms with E-state index >= 15 is 0 Å². The minimum atomic E-state index is -0.316. The van der Waals surface area contributed by atoms with Crippen LogP contribution in [0.15, 0.2) is 35.3 Å². The second-order valence-corrected chi connectivity index (χ2v) is 5.84. The van der Waals surface area contributed by atoms with Crippen LogP contribution in [-0.2, 0) is 0 Å². The van der Waals surface area contributed by atoms with E-state index in [-0.39, 0.29) is 23.2 Å². The molecule has 1 aliphatic rings. The van der Waals surface area contributed by atoms with Gasteiger partial charge in [0, 0.05) is 25.2 Å². The number of nitrogens with one attached hydrogen (secondary N) is 2. The van der Waals surface area contributed by atoms with Gasteiger partial charge in [0.15, 0.2) is 0 Å². The van der Waals surface area contributed by atoms with Crippen LogP contribution in [0.1, 0.15) is 29.8 Å². The Hall–Kier alpha value is -2.90. The van der Waals surface area contributed by atoms with Crippen LogP contribution in [0.3, 0.4) is 0 Å². The van der Waals surface area contributed by atoms with Gasteiger partial charge in [0.05, 0.1) is 11.9 Å². The number of nitrogens with two attached hydrogens (primary N) is 1. The van der Waals surface area contributed by atoms with E-state index in [1.54, 1.807) is 17.2 Å². The monoisotopic (exact) mass is 328 g/mol. The van der Waals surface area contributed by atoms with Crippen molar-refractivity contribution in [1.29, 1.82) is 0 Å². The molecule has 0 aliphatic carbocycles. The summed E-state index contributed by atoms with van der Waals surface area (Å²) in [5, 5.41) is 9.55. The summed E-state index contributed by atoms with van der Waals surface area (Å²) in [6.45, 7) is 1.32. The summed E-state index contributed by atoms with van der Waals surface area (Å²) in [6, 6.07) is 6.71. The first-order valence-corrected chi connectivity index (χ1v) is 7.95. The largest absolute Gasteiger partial charge is 0.384 e. The number of carbonyl (C=O) groups excluding carboxylic acids is 1. The fraction of sp³-hybridized carbons (Fsp3) is 0.375. The smallest absolute Gasteiger partial charge is 0.274 e. The topological polar surface area (TPSA) is 117 Å². The standard InChI is InChI=1S/C16H20N6O2/c17-14-5-3-12(10-18-14)19-11-2-1-8-22(9-7-11)16(24)13-4-6-15(23)21-20-13/h3-6,10-11,19H,1-2,7-9H2,(H2,17,18)(H,21,23)/t11-/m0/s1. The third kappa shape index (κ3) is 3.89. The van der Waals surface area contributed by atoms with Gasteiger partial charge >= 0.3 is 0 Å². The summed E-state index contributed by atoms with van der Waals surface area (Å²) < 4.78 is 0. The van der Waals surface area contributed by atoms with Crippen molar-refractivity contribution in [3.8, 4) is 0 Å². The summed E-state index contributed by atoms with van der Waals surface area (Å²) in [5.74, 6) is 0.340. The maximum Gasteiger partial charge on any atom is 0.274 e. The quantitative estimate of drug-likeness (QED) is 0.769. The molecule has 4 N–H and O–H groups in total. The van der Waals surface area contributed by atoms with Gasteiger partial charge in [-0.3, -0.25) is 9.59 Å². The second kappa shape index (κ2) is 7.12. The molecule has 126 valence electrons. The first-order chi connectivity index (χ1) is 11.6. The number of hydrogen-bond acceptors (Lipinski definition) is 6. The predicted octanol–water partition coefficient (Wildman–Crippen LogP) is 0.854. The molecule has 0 radical (unpaired) electrons. The molecule has 0 spiro atoms. The lowest BCUT2D eigenvalue weighted by Crippen LogP contribution is -2.33. The van der Waals surface area contributed by atoms with Crippen LogP contribution >= 0.6 is 0 Å². The Balaban J connectivity index is 1.60. The zero-order chi connectivity index (χ0) is 16.9. The van der Waals surface area contributed by atoms with E-state index in [1.807, 2.05) is 6.07 Å². The molecule has 1 fully saturated rings. The van der Waals surface area contributed by atoms with Gasteiger partial charge in [0.2, 0.25) is 0 Å². The van der Waals surface area contributed by atoms with Crippen LogP contribution in [-0.4, -0.2) is 45.1 Å². The Morgan fingerprint density at radius 3 is 2.83 bits per heavy atom. The summed E-state index contributed by atoms with van der Waals surface area (Å²) in [7, 11) is 0. The zero-order valence-corrected chi connectivity index (χ0v) is 13.2. The number of hydrogen-bond donors (Lipinski definition) is 3. The number of pyridine rings is 1. The van der Waals surface area contributed by atoms with E-state index in [2.05, 4.69) is 20.5 Å². The van der Waals surface area contributed by atoms with Crippen LogP contribution in [0.2, 0.25) is 0 Å². The molecule has 1 amide bonds. The number of rotatable bonds is 3. The molecule has 1 saturated heterocycles. The molecule has 8 heteroatoms. The fourth-order valence-corrected chi connectivity index (χ4v) is 2.80. The highest BCUT2D eigenvalue weighted by atomic mass is 16.2. The molecule has 8 nitrogen and oxygen atoms in total. The number of aromatic amines is 1. The lowest BCUT2D eigenvalue weighted by Gasteiger charge is -2.20. The summed E-state index contributed by atoms with van der Waals surface area (Å²) in [5.41, 5.74) is 6.47. The average Bonchev–Trinajstić information content (AvgIpc) is 2.83. The Morgan fingerprint density at radius 2 is 2.12 bits per heavy atom. The van der Waals surface area contributed by atoms with Crippen LogP contribution in [0, 0.1) is 0 Å². The van der Waals surface area contributed by atoms with Gasteiger partial charge in [0.25, 0.3) is 11.5 Å². The number of aromatic nitrogens is 3. The predicted molar refractivity (Wildman–Crippen MR) is 90.7 cm³/mol. The van der Waals surface area contributed by atoms with Gasteiger partial charge < -0.3 is 16.0 Å². The van der Waals surface area contributed by atoms with Crippen molar-refractivity contribution in [2.24, 2.45) is 0 Å². The van der Waals surface area contributed by atoms with Crippen molar-refractivity contribution in [2.75, 3.05) is 24.1 Å². The molecular formula is C16H20N6O2. The minimum absolute atomic E-state index is 0.152. The summed E-state index contributed by atoms with van der Waals surface area (Å²) in [6.07, 6.45) is 4.41. The molecule has 0 aromatic carbocycles. The molecule has 0 saturated carbocycles. The van der Waals surface area contributed by atoms with Gasteiger partial charge in [0.1, 0.15) is 11.5 Å². The molecule has 1 atom stereocenters. The summed E-state index contributed by atoms with van der Waals surface area (Å²) >= 11 is 0. The molecular weight excluding hydrogens is 308 g/mol. The zero-order valence-electron chi connectivity index (χ0n) is 13.2. The number of H-pyrrole nitrogens is 1. The molecule has 3 rings (SSSR count). The number of nitrogens with zero attached hydrogens (tertiary/aromatic N) is 3. The number of nitrogen functional groups attached to an aromatic ring is 1. The second-order valence-electron chi connectivity index (χ2n) is 5.84. The summed E-state index contributed by atoms with van der Waals surface area (Å²) in [4.78, 5) is 29.4. The molecule has 2 aromatic rings. The van der Waals surface area contributed by atoms with Gasteiger partial charge in [-0.15, -0.1) is 0 Å². The highest BCUT2D eigenvalue weighted by Gasteiger charge is 2.22. The van der Waals surface area contributed by atoms with Crippen molar-refractivity contribution in [2.45, 2.75) is 25.3 Å². The third-order valence-electron chi connectivity index (χ3n) is 4.07. The Labute approximate surface area is 139 Å². The highest BCUT2D eigenvalue weighted by molar-refractivity contribution is 5.92. The van der Waals surface area contributed by atoms with E-state index in [4.69, 9.17) is 5.73 Å². The molecule has 2 aromatic heterocycles. The van der Waals surface area contributed by atoms with Crippen LogP contribution < -0.4 is 16.6 Å². The molecule has 1 aliphatic heterocycles. The normalized spacial score (nSPS) is 18.0. The third-order valence-corrected chi connectivity index (χ3v) is 4.07. The van der Waals surface area contributed by atoms with Crippen LogP contribution in [0.25, 0.3) is 0 Å². The first-order valence-electron chi connectivity index (χ1n) is 7.95. The molecule has 0 unspecified atom stereocenters. The SMILES string of the molecule is Nc1ccc(N[C@H]2CCCN(C(=O)c3ccc(=O)[nH]n3)CC2)cn1. The highest BCUT2D eigenvalue weighted by Crippen LogP contribution is 2.18. The van der Waals surface area contributed by atoms with Crippen LogP contribution in [0.4, 0.5) is 11.5 Å². The van der Waals surface area contributed by atoms with Gasteiger partial charge in [-0.2, -0.15) is 5.10 Å². The van der Waals surface area contributed by atoms with E-state index in [0.717, 1.165) is 24.9 Å². The number of amides is 1. The lowest BCUT2D eigenvalue weighted by atomic mass is 10.1.